The Morgan fingerprint density at radius 3 is 2.35 bits per heavy atom. The van der Waals surface area contributed by atoms with Gasteiger partial charge in [0.25, 0.3) is 0 Å². The zero-order valence-electron chi connectivity index (χ0n) is 15.2. The van der Waals surface area contributed by atoms with E-state index in [1.807, 2.05) is 26.0 Å². The fraction of sp³-hybridized carbons (Fsp3) is 0.526. The van der Waals surface area contributed by atoms with Crippen LogP contribution in [-0.4, -0.2) is 60.3 Å². The number of piperazine rings is 1. The van der Waals surface area contributed by atoms with Crippen LogP contribution in [-0.2, 0) is 14.4 Å². The molecule has 1 aromatic carbocycles. The number of hydrogen-bond donors (Lipinski definition) is 1. The lowest BCUT2D eigenvalue weighted by Crippen LogP contribution is -2.48. The quantitative estimate of drug-likeness (QED) is 0.778. The number of benzene rings is 1. The van der Waals surface area contributed by atoms with Gasteiger partial charge in [0.05, 0.1) is 17.9 Å². The van der Waals surface area contributed by atoms with Gasteiger partial charge in [-0.3, -0.25) is 14.4 Å². The van der Waals surface area contributed by atoms with Gasteiger partial charge < -0.3 is 19.9 Å². The molecule has 1 N–H and O–H groups in total. The van der Waals surface area contributed by atoms with Crippen LogP contribution in [0.3, 0.4) is 0 Å². The monoisotopic (exact) mass is 359 g/mol. The van der Waals surface area contributed by atoms with Gasteiger partial charge in [-0.25, -0.2) is 0 Å². The molecule has 3 rings (SSSR count). The van der Waals surface area contributed by atoms with Gasteiger partial charge in [-0.05, 0) is 44.5 Å². The van der Waals surface area contributed by atoms with Gasteiger partial charge in [0.2, 0.25) is 18.2 Å². The molecule has 0 spiro atoms. The van der Waals surface area contributed by atoms with Crippen LogP contribution in [0.4, 0.5) is 5.69 Å². The summed E-state index contributed by atoms with van der Waals surface area (Å²) in [4.78, 5) is 39.0. The third-order valence-electron chi connectivity index (χ3n) is 4.71. The Kier molecular flexibility index (Phi) is 5.44. The van der Waals surface area contributed by atoms with E-state index in [-0.39, 0.29) is 29.8 Å². The topological polar surface area (TPSA) is 79.0 Å². The van der Waals surface area contributed by atoms with Gasteiger partial charge in [0.15, 0.2) is 0 Å². The average molecular weight is 359 g/mol. The van der Waals surface area contributed by atoms with Crippen molar-refractivity contribution in [2.24, 2.45) is 11.8 Å². The summed E-state index contributed by atoms with van der Waals surface area (Å²) in [6.07, 6.45) is 1.50. The SMILES string of the molecule is CC(C)Oc1ccc(NC(=O)C2CC2C(=O)N2CCN(C=O)CC2)cc1. The third-order valence-corrected chi connectivity index (χ3v) is 4.71. The molecule has 3 amide bonds. The zero-order valence-corrected chi connectivity index (χ0v) is 15.2. The second-order valence-corrected chi connectivity index (χ2v) is 7.10. The average Bonchev–Trinajstić information content (AvgIpc) is 3.43. The normalized spacial score (nSPS) is 22.1. The van der Waals surface area contributed by atoms with Crippen LogP contribution in [0.2, 0.25) is 0 Å². The molecular weight excluding hydrogens is 334 g/mol. The number of nitrogens with zero attached hydrogens (tertiary/aromatic N) is 2. The molecule has 7 heteroatoms. The Morgan fingerprint density at radius 2 is 1.77 bits per heavy atom. The molecule has 1 saturated heterocycles. The van der Waals surface area contributed by atoms with E-state index >= 15 is 0 Å². The van der Waals surface area contributed by atoms with E-state index in [1.54, 1.807) is 21.9 Å². The molecule has 7 nitrogen and oxygen atoms in total. The van der Waals surface area contributed by atoms with E-state index in [4.69, 9.17) is 4.74 Å². The van der Waals surface area contributed by atoms with Crippen LogP contribution in [0.15, 0.2) is 24.3 Å². The van der Waals surface area contributed by atoms with E-state index < -0.39 is 0 Å². The number of anilines is 1. The first-order valence-electron chi connectivity index (χ1n) is 9.03. The van der Waals surface area contributed by atoms with Gasteiger partial charge in [-0.2, -0.15) is 0 Å². The van der Waals surface area contributed by atoms with Crippen molar-refractivity contribution in [3.63, 3.8) is 0 Å². The Labute approximate surface area is 153 Å². The first-order chi connectivity index (χ1) is 12.5. The number of carbonyl (C=O) groups excluding carboxylic acids is 3. The molecule has 1 aliphatic heterocycles. The van der Waals surface area contributed by atoms with Crippen molar-refractivity contribution >= 4 is 23.9 Å². The number of amides is 3. The summed E-state index contributed by atoms with van der Waals surface area (Å²) in [6.45, 7) is 6.12. The lowest BCUT2D eigenvalue weighted by molar-refractivity contribution is -0.137. The molecule has 1 aliphatic carbocycles. The molecule has 140 valence electrons. The van der Waals surface area contributed by atoms with Crippen LogP contribution in [0.25, 0.3) is 0 Å². The third kappa shape index (κ3) is 4.33. The lowest BCUT2D eigenvalue weighted by atomic mass is 10.2. The summed E-state index contributed by atoms with van der Waals surface area (Å²) in [7, 11) is 0. The van der Waals surface area contributed by atoms with Crippen LogP contribution >= 0.6 is 0 Å². The molecule has 1 saturated carbocycles. The summed E-state index contributed by atoms with van der Waals surface area (Å²) < 4.78 is 5.58. The Morgan fingerprint density at radius 1 is 1.12 bits per heavy atom. The number of nitrogens with one attached hydrogen (secondary N) is 1. The Balaban J connectivity index is 1.48. The number of rotatable bonds is 6. The van der Waals surface area contributed by atoms with Crippen molar-refractivity contribution in [1.82, 2.24) is 9.80 Å². The summed E-state index contributed by atoms with van der Waals surface area (Å²) in [6, 6.07) is 7.23. The molecule has 0 aromatic heterocycles. The van der Waals surface area contributed by atoms with Gasteiger partial charge in [-0.15, -0.1) is 0 Å². The maximum atomic E-state index is 12.5. The molecule has 2 aliphatic rings. The predicted octanol–water partition coefficient (Wildman–Crippen LogP) is 1.35. The molecule has 0 radical (unpaired) electrons. The van der Waals surface area contributed by atoms with Crippen molar-refractivity contribution in [3.05, 3.63) is 24.3 Å². The molecule has 2 atom stereocenters. The highest BCUT2D eigenvalue weighted by atomic mass is 16.5. The van der Waals surface area contributed by atoms with Crippen LogP contribution in [0, 0.1) is 11.8 Å². The Hall–Kier alpha value is -2.57. The molecule has 0 bridgehead atoms. The molecular formula is C19H25N3O4. The predicted molar refractivity (Wildman–Crippen MR) is 96.6 cm³/mol. The summed E-state index contributed by atoms with van der Waals surface area (Å²) >= 11 is 0. The smallest absolute Gasteiger partial charge is 0.228 e. The second kappa shape index (κ2) is 7.76. The van der Waals surface area contributed by atoms with Gasteiger partial charge in [0, 0.05) is 31.9 Å². The minimum absolute atomic E-state index is 0.0244. The van der Waals surface area contributed by atoms with Crippen LogP contribution in [0.5, 0.6) is 5.75 Å². The van der Waals surface area contributed by atoms with Crippen LogP contribution < -0.4 is 10.1 Å². The van der Waals surface area contributed by atoms with Crippen molar-refractivity contribution in [2.45, 2.75) is 26.4 Å². The first kappa shape index (κ1) is 18.2. The molecule has 1 aromatic rings. The van der Waals surface area contributed by atoms with E-state index in [2.05, 4.69) is 5.32 Å². The number of carbonyl (C=O) groups is 3. The van der Waals surface area contributed by atoms with E-state index in [1.165, 1.54) is 0 Å². The second-order valence-electron chi connectivity index (χ2n) is 7.10. The minimum atomic E-state index is -0.266. The maximum absolute atomic E-state index is 12.5. The van der Waals surface area contributed by atoms with Crippen LogP contribution in [0.1, 0.15) is 20.3 Å². The summed E-state index contributed by atoms with van der Waals surface area (Å²) in [5.41, 5.74) is 0.698. The van der Waals surface area contributed by atoms with Gasteiger partial charge >= 0.3 is 0 Å². The molecule has 2 unspecified atom stereocenters. The number of hydrogen-bond acceptors (Lipinski definition) is 4. The zero-order chi connectivity index (χ0) is 18.7. The minimum Gasteiger partial charge on any atom is -0.491 e. The largest absolute Gasteiger partial charge is 0.491 e. The van der Waals surface area contributed by atoms with Gasteiger partial charge in [-0.1, -0.05) is 0 Å². The van der Waals surface area contributed by atoms with E-state index in [0.29, 0.717) is 38.3 Å². The standard InChI is InChI=1S/C19H25N3O4/c1-13(2)26-15-5-3-14(4-6-15)20-18(24)16-11-17(16)19(25)22-9-7-21(12-23)8-10-22/h3-6,12-13,16-17H,7-11H2,1-2H3,(H,20,24). The molecule has 2 fully saturated rings. The van der Waals surface area contributed by atoms with Gasteiger partial charge in [0.1, 0.15) is 5.75 Å². The highest BCUT2D eigenvalue weighted by Crippen LogP contribution is 2.41. The van der Waals surface area contributed by atoms with Crippen molar-refractivity contribution in [3.8, 4) is 5.75 Å². The van der Waals surface area contributed by atoms with E-state index in [0.717, 1.165) is 12.2 Å². The van der Waals surface area contributed by atoms with Crippen molar-refractivity contribution < 1.29 is 19.1 Å². The summed E-state index contributed by atoms with van der Waals surface area (Å²) in [5.74, 6) is 0.162. The highest BCUT2D eigenvalue weighted by Gasteiger charge is 2.49. The lowest BCUT2D eigenvalue weighted by Gasteiger charge is -2.32. The fourth-order valence-electron chi connectivity index (χ4n) is 3.16. The number of ether oxygens (including phenoxy) is 1. The van der Waals surface area contributed by atoms with Crippen molar-refractivity contribution in [2.75, 3.05) is 31.5 Å². The van der Waals surface area contributed by atoms with Crippen molar-refractivity contribution in [1.29, 1.82) is 0 Å². The van der Waals surface area contributed by atoms with E-state index in [9.17, 15) is 14.4 Å². The summed E-state index contributed by atoms with van der Waals surface area (Å²) in [5, 5.41) is 2.87. The fourth-order valence-corrected chi connectivity index (χ4v) is 3.16. The maximum Gasteiger partial charge on any atom is 0.228 e. The molecule has 1 heterocycles. The first-order valence-corrected chi connectivity index (χ1v) is 9.03. The molecule has 26 heavy (non-hydrogen) atoms. The highest BCUT2D eigenvalue weighted by molar-refractivity contribution is 5.99. The Bertz CT molecular complexity index is 666.